The molecule has 1 heterocycles. The Kier molecular flexibility index (Phi) is 8.03. The van der Waals surface area contributed by atoms with Crippen LogP contribution in [0.1, 0.15) is 12.8 Å². The number of carbonyl (C=O) groups is 2. The number of azo groups is 1. The molecule has 2 aromatic carbocycles. The number of phenolic OH excluding ortho intramolecular Hbond substituents is 1. The Hall–Kier alpha value is -4.13. The molecule has 0 aliphatic heterocycles. The van der Waals surface area contributed by atoms with Crippen molar-refractivity contribution in [3.05, 3.63) is 46.5 Å². The number of ether oxygens (including phenoxy) is 2. The smallest absolute Gasteiger partial charge is 0.307 e. The SMILES string of the molecule is COC(=O)CCN(CCC(=O)OC)c1ccc(/N=N/c2snc3ccc([N+](=O)[O-])cc23)c(O)c1. The van der Waals surface area contributed by atoms with E-state index in [9.17, 15) is 24.8 Å². The van der Waals surface area contributed by atoms with E-state index in [0.717, 1.165) is 11.5 Å². The zero-order valence-corrected chi connectivity index (χ0v) is 19.2. The molecule has 0 radical (unpaired) electrons. The number of methoxy groups -OCH3 is 2. The first-order chi connectivity index (χ1) is 16.3. The molecule has 0 saturated carbocycles. The molecule has 0 fully saturated rings. The minimum Gasteiger partial charge on any atom is -0.506 e. The van der Waals surface area contributed by atoms with Gasteiger partial charge in [0.2, 0.25) is 0 Å². The van der Waals surface area contributed by atoms with E-state index in [1.165, 1.54) is 44.6 Å². The van der Waals surface area contributed by atoms with Gasteiger partial charge in [0.1, 0.15) is 11.4 Å². The van der Waals surface area contributed by atoms with Crippen LogP contribution in [0.4, 0.5) is 22.1 Å². The lowest BCUT2D eigenvalue weighted by Crippen LogP contribution is -2.29. The standard InChI is InChI=1S/C21H21N5O7S/c1-32-19(28)7-9-25(10-8-20(29)33-2)13-3-6-17(18(27)12-13)22-23-21-15-11-14(26(30)31)4-5-16(15)24-34-21/h3-6,11-12,27H,7-10H2,1-2H3/b23-22+. The van der Waals surface area contributed by atoms with Crippen LogP contribution in [0.3, 0.4) is 0 Å². The van der Waals surface area contributed by atoms with Crippen LogP contribution in [0.5, 0.6) is 5.75 Å². The van der Waals surface area contributed by atoms with Crippen molar-refractivity contribution in [2.75, 3.05) is 32.2 Å². The minimum atomic E-state index is -0.505. The maximum atomic E-state index is 11.6. The maximum absolute atomic E-state index is 11.6. The lowest BCUT2D eigenvalue weighted by atomic mass is 10.2. The Morgan fingerprint density at radius 3 is 2.35 bits per heavy atom. The van der Waals surface area contributed by atoms with Crippen LogP contribution in [-0.2, 0) is 19.1 Å². The molecule has 34 heavy (non-hydrogen) atoms. The maximum Gasteiger partial charge on any atom is 0.307 e. The molecule has 0 aliphatic carbocycles. The summed E-state index contributed by atoms with van der Waals surface area (Å²) in [6.45, 7) is 0.519. The van der Waals surface area contributed by atoms with Crippen molar-refractivity contribution in [1.29, 1.82) is 0 Å². The molecule has 3 aromatic rings. The minimum absolute atomic E-state index is 0.0876. The zero-order valence-electron chi connectivity index (χ0n) is 18.3. The number of phenols is 1. The van der Waals surface area contributed by atoms with Gasteiger partial charge in [-0.05, 0) is 29.7 Å². The number of nitro groups is 1. The van der Waals surface area contributed by atoms with Gasteiger partial charge in [0.05, 0.1) is 37.5 Å². The second-order valence-electron chi connectivity index (χ2n) is 6.96. The monoisotopic (exact) mass is 487 g/mol. The molecule has 0 spiro atoms. The summed E-state index contributed by atoms with van der Waals surface area (Å²) in [5.41, 5.74) is 1.19. The van der Waals surface area contributed by atoms with E-state index < -0.39 is 16.9 Å². The van der Waals surface area contributed by atoms with Gasteiger partial charge in [-0.25, -0.2) is 0 Å². The fourth-order valence-corrected chi connectivity index (χ4v) is 3.70. The Balaban J connectivity index is 1.82. The first kappa shape index (κ1) is 24.5. The molecule has 0 amide bonds. The van der Waals surface area contributed by atoms with Crippen molar-refractivity contribution in [3.63, 3.8) is 0 Å². The van der Waals surface area contributed by atoms with Crippen LogP contribution >= 0.6 is 11.5 Å². The predicted octanol–water partition coefficient (Wildman–Crippen LogP) is 4.26. The number of nitro benzene ring substituents is 1. The highest BCUT2D eigenvalue weighted by molar-refractivity contribution is 7.11. The fraction of sp³-hybridized carbons (Fsp3) is 0.286. The fourth-order valence-electron chi connectivity index (χ4n) is 3.02. The molecule has 0 aliphatic rings. The topological polar surface area (TPSA) is 157 Å². The number of esters is 2. The first-order valence-corrected chi connectivity index (χ1v) is 10.8. The molecule has 0 unspecified atom stereocenters. The summed E-state index contributed by atoms with van der Waals surface area (Å²) in [5.74, 6) is -0.994. The Morgan fingerprint density at radius 1 is 1.09 bits per heavy atom. The number of aromatic nitrogens is 1. The number of nitrogens with zero attached hydrogens (tertiary/aromatic N) is 5. The van der Waals surface area contributed by atoms with Crippen molar-refractivity contribution in [2.45, 2.75) is 12.8 Å². The van der Waals surface area contributed by atoms with Gasteiger partial charge in [-0.2, -0.15) is 4.37 Å². The highest BCUT2D eigenvalue weighted by Crippen LogP contribution is 2.36. The van der Waals surface area contributed by atoms with Crippen LogP contribution in [0.25, 0.3) is 10.9 Å². The van der Waals surface area contributed by atoms with Gasteiger partial charge in [0.15, 0.2) is 5.00 Å². The summed E-state index contributed by atoms with van der Waals surface area (Å²) in [6.07, 6.45) is 0.176. The average molecular weight is 487 g/mol. The Bertz CT molecular complexity index is 1220. The third-order valence-corrected chi connectivity index (χ3v) is 5.61. The van der Waals surface area contributed by atoms with Crippen molar-refractivity contribution in [3.8, 4) is 5.75 Å². The van der Waals surface area contributed by atoms with E-state index in [4.69, 9.17) is 0 Å². The highest BCUT2D eigenvalue weighted by atomic mass is 32.1. The molecule has 13 heteroatoms. The Morgan fingerprint density at radius 2 is 1.76 bits per heavy atom. The van der Waals surface area contributed by atoms with Crippen LogP contribution in [0.2, 0.25) is 0 Å². The number of carbonyl (C=O) groups excluding carboxylic acids is 2. The van der Waals surface area contributed by atoms with E-state index in [-0.39, 0.29) is 43.1 Å². The number of hydrogen-bond donors (Lipinski definition) is 1. The molecular formula is C21H21N5O7S. The second kappa shape index (κ2) is 11.1. The summed E-state index contributed by atoms with van der Waals surface area (Å²) in [4.78, 5) is 35.4. The zero-order chi connectivity index (χ0) is 24.7. The van der Waals surface area contributed by atoms with Crippen molar-refractivity contribution >= 4 is 56.4 Å². The number of fused-ring (bicyclic) bond motifs is 1. The van der Waals surface area contributed by atoms with Crippen molar-refractivity contribution < 1.29 is 29.1 Å². The lowest BCUT2D eigenvalue weighted by molar-refractivity contribution is -0.384. The molecule has 0 bridgehead atoms. The van der Waals surface area contributed by atoms with Crippen LogP contribution in [0, 0.1) is 10.1 Å². The Labute approximate surface area is 197 Å². The molecule has 1 N–H and O–H groups in total. The van der Waals surface area contributed by atoms with Gasteiger partial charge in [-0.1, -0.05) is 0 Å². The summed E-state index contributed by atoms with van der Waals surface area (Å²) in [5, 5.41) is 30.5. The number of anilines is 1. The van der Waals surface area contributed by atoms with Gasteiger partial charge >= 0.3 is 11.9 Å². The van der Waals surface area contributed by atoms with Gasteiger partial charge in [-0.3, -0.25) is 19.7 Å². The first-order valence-electron chi connectivity index (χ1n) is 9.99. The van der Waals surface area contributed by atoms with Gasteiger partial charge in [-0.15, -0.1) is 10.2 Å². The predicted molar refractivity (Wildman–Crippen MR) is 124 cm³/mol. The number of rotatable bonds is 10. The van der Waals surface area contributed by atoms with Gasteiger partial charge in [0, 0.05) is 42.4 Å². The van der Waals surface area contributed by atoms with E-state index in [2.05, 4.69) is 24.1 Å². The number of aromatic hydroxyl groups is 1. The van der Waals surface area contributed by atoms with Gasteiger partial charge in [0.25, 0.3) is 5.69 Å². The number of benzene rings is 2. The van der Waals surface area contributed by atoms with Crippen molar-refractivity contribution in [1.82, 2.24) is 4.37 Å². The number of hydrogen-bond acceptors (Lipinski definition) is 12. The molecule has 1 aromatic heterocycles. The van der Waals surface area contributed by atoms with Crippen LogP contribution in [-0.4, -0.2) is 53.7 Å². The highest BCUT2D eigenvalue weighted by Gasteiger charge is 2.15. The normalized spacial score (nSPS) is 11.0. The molecule has 178 valence electrons. The third kappa shape index (κ3) is 6.01. The molecular weight excluding hydrogens is 466 g/mol. The summed E-state index contributed by atoms with van der Waals surface area (Å²) in [7, 11) is 2.58. The largest absolute Gasteiger partial charge is 0.506 e. The quantitative estimate of drug-likeness (QED) is 0.191. The molecule has 0 atom stereocenters. The lowest BCUT2D eigenvalue weighted by Gasteiger charge is -2.24. The van der Waals surface area contributed by atoms with Crippen LogP contribution < -0.4 is 4.90 Å². The summed E-state index contributed by atoms with van der Waals surface area (Å²) < 4.78 is 13.5. The second-order valence-corrected chi connectivity index (χ2v) is 7.71. The van der Waals surface area contributed by atoms with E-state index in [1.54, 1.807) is 11.0 Å². The van der Waals surface area contributed by atoms with Crippen molar-refractivity contribution in [2.24, 2.45) is 10.2 Å². The van der Waals surface area contributed by atoms with E-state index >= 15 is 0 Å². The van der Waals surface area contributed by atoms with Crippen LogP contribution in [0.15, 0.2) is 46.6 Å². The number of non-ortho nitro benzene ring substituents is 1. The molecule has 0 saturated heterocycles. The van der Waals surface area contributed by atoms with E-state index in [0.29, 0.717) is 21.6 Å². The molecule has 12 nitrogen and oxygen atoms in total. The summed E-state index contributed by atoms with van der Waals surface area (Å²) in [6, 6.07) is 8.91. The van der Waals surface area contributed by atoms with E-state index in [1.807, 2.05) is 0 Å². The third-order valence-electron chi connectivity index (χ3n) is 4.85. The van der Waals surface area contributed by atoms with Gasteiger partial charge < -0.3 is 19.5 Å². The summed E-state index contributed by atoms with van der Waals surface area (Å²) >= 11 is 1.03. The average Bonchev–Trinajstić information content (AvgIpc) is 3.25. The molecule has 3 rings (SSSR count).